The molecule has 0 spiro atoms. The number of fused-ring (bicyclic) bond motifs is 1. The Balaban J connectivity index is 2.68. The number of pyridine rings is 1. The number of hydrogen-bond acceptors (Lipinski definition) is 2. The van der Waals surface area contributed by atoms with Crippen molar-refractivity contribution in [1.29, 1.82) is 0 Å². The predicted molar refractivity (Wildman–Crippen MR) is 51.5 cm³/mol. The van der Waals surface area contributed by atoms with E-state index < -0.39 is 0 Å². The van der Waals surface area contributed by atoms with Crippen molar-refractivity contribution in [2.45, 2.75) is 6.42 Å². The summed E-state index contributed by atoms with van der Waals surface area (Å²) in [4.78, 5) is 14.6. The number of benzene rings is 1. The van der Waals surface area contributed by atoms with Crippen LogP contribution in [0.5, 0.6) is 0 Å². The third-order valence-electron chi connectivity index (χ3n) is 2.04. The number of carbonyl (C=O) groups excluding carboxylic acids is 1. The summed E-state index contributed by atoms with van der Waals surface area (Å²) < 4.78 is 0. The van der Waals surface area contributed by atoms with E-state index in [0.717, 1.165) is 22.8 Å². The van der Waals surface area contributed by atoms with E-state index in [9.17, 15) is 4.79 Å². The summed E-state index contributed by atoms with van der Waals surface area (Å²) in [5, 5.41) is 1.07. The van der Waals surface area contributed by atoms with Crippen LogP contribution in [0.15, 0.2) is 36.5 Å². The quantitative estimate of drug-likeness (QED) is 0.646. The normalized spacial score (nSPS) is 10.2. The Morgan fingerprint density at radius 1 is 1.23 bits per heavy atom. The largest absolute Gasteiger partial charge is 0.303 e. The molecular weight excluding hydrogens is 162 g/mol. The van der Waals surface area contributed by atoms with Crippen molar-refractivity contribution in [2.24, 2.45) is 0 Å². The Bertz CT molecular complexity index is 432. The van der Waals surface area contributed by atoms with Gasteiger partial charge in [0.25, 0.3) is 0 Å². The summed E-state index contributed by atoms with van der Waals surface area (Å²) in [5.41, 5.74) is 1.99. The van der Waals surface area contributed by atoms with Crippen LogP contribution in [0.25, 0.3) is 10.9 Å². The van der Waals surface area contributed by atoms with Crippen LogP contribution in [-0.2, 0) is 11.2 Å². The maximum absolute atomic E-state index is 10.4. The maximum Gasteiger partial charge on any atom is 0.124 e. The van der Waals surface area contributed by atoms with Gasteiger partial charge in [-0.15, -0.1) is 0 Å². The first-order valence-corrected chi connectivity index (χ1v) is 4.18. The van der Waals surface area contributed by atoms with Crippen molar-refractivity contribution in [3.8, 4) is 0 Å². The van der Waals surface area contributed by atoms with Crippen LogP contribution in [-0.4, -0.2) is 11.3 Å². The zero-order chi connectivity index (χ0) is 9.10. The molecule has 0 saturated heterocycles. The highest BCUT2D eigenvalue weighted by Gasteiger charge is 1.98. The fourth-order valence-electron chi connectivity index (χ4n) is 1.42. The molecule has 0 unspecified atom stereocenters. The number of rotatable bonds is 2. The van der Waals surface area contributed by atoms with Gasteiger partial charge in [0.1, 0.15) is 6.29 Å². The lowest BCUT2D eigenvalue weighted by Crippen LogP contribution is -1.89. The van der Waals surface area contributed by atoms with Gasteiger partial charge in [-0.1, -0.05) is 18.2 Å². The molecule has 2 aromatic rings. The molecule has 0 aliphatic carbocycles. The molecule has 1 aromatic carbocycles. The molecule has 1 heterocycles. The molecule has 0 aliphatic rings. The third kappa shape index (κ3) is 1.43. The summed E-state index contributed by atoms with van der Waals surface area (Å²) >= 11 is 0. The zero-order valence-electron chi connectivity index (χ0n) is 7.10. The van der Waals surface area contributed by atoms with Gasteiger partial charge in [-0.3, -0.25) is 4.98 Å². The lowest BCUT2D eigenvalue weighted by molar-refractivity contribution is -0.107. The van der Waals surface area contributed by atoms with E-state index in [-0.39, 0.29) is 0 Å². The van der Waals surface area contributed by atoms with E-state index >= 15 is 0 Å². The van der Waals surface area contributed by atoms with Gasteiger partial charge in [0, 0.05) is 18.0 Å². The van der Waals surface area contributed by atoms with Crippen molar-refractivity contribution >= 4 is 17.2 Å². The van der Waals surface area contributed by atoms with Crippen molar-refractivity contribution in [2.75, 3.05) is 0 Å². The fourth-order valence-corrected chi connectivity index (χ4v) is 1.42. The molecule has 0 saturated carbocycles. The number of carbonyl (C=O) groups is 1. The molecular formula is C11H9NO. The van der Waals surface area contributed by atoms with Crippen molar-refractivity contribution in [3.63, 3.8) is 0 Å². The lowest BCUT2D eigenvalue weighted by atomic mass is 10.1. The Hall–Kier alpha value is -1.70. The SMILES string of the molecule is O=CCc1ccnc2ccccc12. The molecule has 2 heteroatoms. The first kappa shape index (κ1) is 7.92. The predicted octanol–water partition coefficient (Wildman–Crippen LogP) is 1.98. The zero-order valence-corrected chi connectivity index (χ0v) is 7.10. The van der Waals surface area contributed by atoms with Gasteiger partial charge in [0.05, 0.1) is 5.52 Å². The minimum absolute atomic E-state index is 0.461. The van der Waals surface area contributed by atoms with Crippen LogP contribution in [0.3, 0.4) is 0 Å². The van der Waals surface area contributed by atoms with Gasteiger partial charge < -0.3 is 4.79 Å². The van der Waals surface area contributed by atoms with Crippen molar-refractivity contribution in [1.82, 2.24) is 4.98 Å². The smallest absolute Gasteiger partial charge is 0.124 e. The minimum Gasteiger partial charge on any atom is -0.303 e. The number of hydrogen-bond donors (Lipinski definition) is 0. The van der Waals surface area contributed by atoms with Crippen LogP contribution in [0, 0.1) is 0 Å². The Labute approximate surface area is 76.2 Å². The lowest BCUT2D eigenvalue weighted by Gasteiger charge is -2.00. The average Bonchev–Trinajstić information content (AvgIpc) is 2.19. The molecule has 0 radical (unpaired) electrons. The van der Waals surface area contributed by atoms with E-state index in [1.165, 1.54) is 0 Å². The second-order valence-electron chi connectivity index (χ2n) is 2.86. The second kappa shape index (κ2) is 3.35. The van der Waals surface area contributed by atoms with Gasteiger partial charge in [0.15, 0.2) is 0 Å². The summed E-state index contributed by atoms with van der Waals surface area (Å²) in [7, 11) is 0. The van der Waals surface area contributed by atoms with E-state index in [1.807, 2.05) is 30.3 Å². The summed E-state index contributed by atoms with van der Waals surface area (Å²) in [6.45, 7) is 0. The minimum atomic E-state index is 0.461. The molecule has 0 atom stereocenters. The first-order valence-electron chi connectivity index (χ1n) is 4.18. The van der Waals surface area contributed by atoms with Gasteiger partial charge in [-0.05, 0) is 17.7 Å². The Kier molecular flexibility index (Phi) is 2.04. The number of nitrogens with zero attached hydrogens (tertiary/aromatic N) is 1. The molecule has 64 valence electrons. The summed E-state index contributed by atoms with van der Waals surface area (Å²) in [6, 6.07) is 9.72. The maximum atomic E-state index is 10.4. The average molecular weight is 171 g/mol. The van der Waals surface area contributed by atoms with E-state index in [4.69, 9.17) is 0 Å². The third-order valence-corrected chi connectivity index (χ3v) is 2.04. The Morgan fingerprint density at radius 2 is 2.08 bits per heavy atom. The topological polar surface area (TPSA) is 30.0 Å². The molecule has 1 aromatic heterocycles. The summed E-state index contributed by atoms with van der Waals surface area (Å²) in [5.74, 6) is 0. The molecule has 13 heavy (non-hydrogen) atoms. The van der Waals surface area contributed by atoms with E-state index in [0.29, 0.717) is 6.42 Å². The highest BCUT2D eigenvalue weighted by Crippen LogP contribution is 2.15. The van der Waals surface area contributed by atoms with Crippen LogP contribution in [0.1, 0.15) is 5.56 Å². The van der Waals surface area contributed by atoms with Gasteiger partial charge in [0.2, 0.25) is 0 Å². The van der Waals surface area contributed by atoms with Crippen LogP contribution in [0.4, 0.5) is 0 Å². The van der Waals surface area contributed by atoms with Crippen LogP contribution in [0.2, 0.25) is 0 Å². The van der Waals surface area contributed by atoms with Crippen molar-refractivity contribution in [3.05, 3.63) is 42.1 Å². The van der Waals surface area contributed by atoms with Crippen LogP contribution >= 0.6 is 0 Å². The van der Waals surface area contributed by atoms with Crippen LogP contribution < -0.4 is 0 Å². The molecule has 0 aliphatic heterocycles. The van der Waals surface area contributed by atoms with E-state index in [1.54, 1.807) is 6.20 Å². The van der Waals surface area contributed by atoms with Gasteiger partial charge in [-0.2, -0.15) is 0 Å². The second-order valence-corrected chi connectivity index (χ2v) is 2.86. The van der Waals surface area contributed by atoms with Gasteiger partial charge in [-0.25, -0.2) is 0 Å². The highest BCUT2D eigenvalue weighted by molar-refractivity contribution is 5.83. The van der Waals surface area contributed by atoms with Gasteiger partial charge >= 0.3 is 0 Å². The fraction of sp³-hybridized carbons (Fsp3) is 0.0909. The molecule has 2 nitrogen and oxygen atoms in total. The molecule has 0 N–H and O–H groups in total. The highest BCUT2D eigenvalue weighted by atomic mass is 16.1. The monoisotopic (exact) mass is 171 g/mol. The molecule has 0 bridgehead atoms. The Morgan fingerprint density at radius 3 is 2.92 bits per heavy atom. The molecule has 0 amide bonds. The van der Waals surface area contributed by atoms with Crippen molar-refractivity contribution < 1.29 is 4.79 Å². The number of para-hydroxylation sites is 1. The summed E-state index contributed by atoms with van der Waals surface area (Å²) in [6.07, 6.45) is 3.12. The standard InChI is InChI=1S/C11H9NO/c13-8-6-9-5-7-12-11-4-2-1-3-10(9)11/h1-5,7-8H,6H2. The molecule has 2 rings (SSSR count). The number of aldehydes is 1. The number of aromatic nitrogens is 1. The molecule has 0 fully saturated rings. The van der Waals surface area contributed by atoms with E-state index in [2.05, 4.69) is 4.98 Å². The first-order chi connectivity index (χ1) is 6.42.